The van der Waals surface area contributed by atoms with Gasteiger partial charge in [0.1, 0.15) is 0 Å². The summed E-state index contributed by atoms with van der Waals surface area (Å²) in [6.45, 7) is 6.88. The largest absolute Gasteiger partial charge is 0.0758 e. The summed E-state index contributed by atoms with van der Waals surface area (Å²) in [5, 5.41) is 0. The predicted molar refractivity (Wildman–Crippen MR) is 72.2 cm³/mol. The molecule has 0 amide bonds. The number of rotatable bonds is 0. The van der Waals surface area contributed by atoms with Crippen molar-refractivity contribution in [2.24, 2.45) is 5.41 Å². The highest BCUT2D eigenvalue weighted by molar-refractivity contribution is 5.77. The van der Waals surface area contributed by atoms with Crippen LogP contribution in [0.2, 0.25) is 0 Å². The van der Waals surface area contributed by atoms with Crippen LogP contribution in [0.15, 0.2) is 48.6 Å². The van der Waals surface area contributed by atoms with E-state index in [4.69, 9.17) is 0 Å². The molecule has 5 radical (unpaired) electrons. The van der Waals surface area contributed by atoms with E-state index in [2.05, 4.69) is 69.4 Å². The van der Waals surface area contributed by atoms with Gasteiger partial charge in [-0.05, 0) is 5.41 Å². The van der Waals surface area contributed by atoms with Crippen molar-refractivity contribution in [3.8, 4) is 0 Å². The average Bonchev–Trinajstić information content (AvgIpc) is 2.63. The first-order valence-electron chi connectivity index (χ1n) is 6.15. The van der Waals surface area contributed by atoms with Gasteiger partial charge in [-0.3, -0.25) is 0 Å². The first kappa shape index (κ1) is 11.1. The van der Waals surface area contributed by atoms with Crippen molar-refractivity contribution in [3.05, 3.63) is 78.2 Å². The van der Waals surface area contributed by atoms with Gasteiger partial charge in [-0.15, -0.1) is 0 Å². The summed E-state index contributed by atoms with van der Waals surface area (Å²) in [5.74, 6) is 7.05. The minimum atomic E-state index is 0.183. The molecule has 0 aromatic carbocycles. The Kier molecular flexibility index (Phi) is 2.43. The summed E-state index contributed by atoms with van der Waals surface area (Å²) in [4.78, 5) is 0. The van der Waals surface area contributed by atoms with Crippen LogP contribution >= 0.6 is 0 Å². The Balaban J connectivity index is 2.03. The molecule has 3 aliphatic carbocycles. The Labute approximate surface area is 105 Å². The van der Waals surface area contributed by atoms with E-state index in [0.717, 1.165) is 0 Å². The van der Waals surface area contributed by atoms with Gasteiger partial charge in [0, 0.05) is 29.6 Å². The van der Waals surface area contributed by atoms with Crippen LogP contribution in [0.4, 0.5) is 0 Å². The number of fused-ring (bicyclic) bond motifs is 3. The van der Waals surface area contributed by atoms with Crippen LogP contribution in [0.5, 0.6) is 0 Å². The van der Waals surface area contributed by atoms with Crippen molar-refractivity contribution < 1.29 is 0 Å². The molecule has 85 valence electrons. The van der Waals surface area contributed by atoms with Crippen molar-refractivity contribution in [1.82, 2.24) is 0 Å². The Morgan fingerprint density at radius 2 is 0.941 bits per heavy atom. The maximum Gasteiger partial charge on any atom is 0.0209 e. The van der Waals surface area contributed by atoms with Crippen molar-refractivity contribution in [2.45, 2.75) is 20.8 Å². The lowest BCUT2D eigenvalue weighted by atomic mass is 9.69. The van der Waals surface area contributed by atoms with Crippen LogP contribution in [0.3, 0.4) is 0 Å². The second-order valence-corrected chi connectivity index (χ2v) is 5.72. The van der Waals surface area contributed by atoms with Gasteiger partial charge in [0.05, 0.1) is 0 Å². The molecule has 3 rings (SSSR count). The van der Waals surface area contributed by atoms with E-state index in [1.165, 1.54) is 29.6 Å². The van der Waals surface area contributed by atoms with Gasteiger partial charge in [0.15, 0.2) is 0 Å². The Morgan fingerprint density at radius 3 is 1.29 bits per heavy atom. The van der Waals surface area contributed by atoms with E-state index >= 15 is 0 Å². The van der Waals surface area contributed by atoms with Crippen molar-refractivity contribution in [1.29, 1.82) is 0 Å². The normalized spacial score (nSPS) is 26.8. The second kappa shape index (κ2) is 3.73. The van der Waals surface area contributed by atoms with E-state index in [-0.39, 0.29) is 5.41 Å². The minimum Gasteiger partial charge on any atom is -0.0758 e. The standard InChI is InChI=1S/C17H17/c1-17(2,3)16-14-10-6-4-8-12(14)13-9-5-7-11-15(13)16/h4-11H,1-3H3. The van der Waals surface area contributed by atoms with Gasteiger partial charge in [0.25, 0.3) is 0 Å². The number of allylic oxidation sites excluding steroid dienone is 8. The quantitative estimate of drug-likeness (QED) is 0.576. The topological polar surface area (TPSA) is 0 Å². The molecule has 0 unspecified atom stereocenters. The van der Waals surface area contributed by atoms with Gasteiger partial charge in [-0.2, -0.15) is 0 Å². The van der Waals surface area contributed by atoms with Crippen LogP contribution in [0, 0.1) is 35.0 Å². The van der Waals surface area contributed by atoms with Crippen molar-refractivity contribution in [2.75, 3.05) is 0 Å². The summed E-state index contributed by atoms with van der Waals surface area (Å²) in [6.07, 6.45) is 17.5. The highest BCUT2D eigenvalue weighted by Crippen LogP contribution is 2.62. The van der Waals surface area contributed by atoms with Crippen LogP contribution in [0.25, 0.3) is 0 Å². The summed E-state index contributed by atoms with van der Waals surface area (Å²) in [5.41, 5.74) is 0.183. The summed E-state index contributed by atoms with van der Waals surface area (Å²) in [7, 11) is 0. The molecule has 0 aromatic heterocycles. The van der Waals surface area contributed by atoms with E-state index < -0.39 is 0 Å². The molecule has 0 heteroatoms. The summed E-state index contributed by atoms with van der Waals surface area (Å²) < 4.78 is 0. The molecule has 0 N–H and O–H groups in total. The third-order valence-electron chi connectivity index (χ3n) is 3.43. The first-order chi connectivity index (χ1) is 8.09. The smallest absolute Gasteiger partial charge is 0.0209 e. The summed E-state index contributed by atoms with van der Waals surface area (Å²) in [6, 6.07) is 0. The van der Waals surface area contributed by atoms with Gasteiger partial charge >= 0.3 is 0 Å². The number of hydrogen-bond acceptors (Lipinski definition) is 0. The van der Waals surface area contributed by atoms with Crippen LogP contribution < -0.4 is 0 Å². The third-order valence-corrected chi connectivity index (χ3v) is 3.43. The van der Waals surface area contributed by atoms with Crippen LogP contribution in [0.1, 0.15) is 20.8 Å². The molecule has 3 aliphatic rings. The molecule has 0 bridgehead atoms. The van der Waals surface area contributed by atoms with E-state index in [1.54, 1.807) is 0 Å². The van der Waals surface area contributed by atoms with E-state index in [9.17, 15) is 0 Å². The second-order valence-electron chi connectivity index (χ2n) is 5.72. The maximum atomic E-state index is 2.29. The molecule has 0 saturated heterocycles. The Morgan fingerprint density at radius 1 is 0.588 bits per heavy atom. The fourth-order valence-corrected chi connectivity index (χ4v) is 2.83. The third kappa shape index (κ3) is 1.66. The molecule has 1 fully saturated rings. The SMILES string of the molecule is CC(C)(C)[C]1[C]2C=CC=C[C]2[C]2C=CC=C[C]21. The lowest BCUT2D eigenvalue weighted by Gasteiger charge is -2.34. The van der Waals surface area contributed by atoms with E-state index in [0.29, 0.717) is 0 Å². The van der Waals surface area contributed by atoms with Crippen molar-refractivity contribution >= 4 is 0 Å². The van der Waals surface area contributed by atoms with Gasteiger partial charge < -0.3 is 0 Å². The zero-order valence-electron chi connectivity index (χ0n) is 10.6. The van der Waals surface area contributed by atoms with Gasteiger partial charge in [-0.25, -0.2) is 0 Å². The highest BCUT2D eigenvalue weighted by Gasteiger charge is 2.53. The lowest BCUT2D eigenvalue weighted by molar-refractivity contribution is 0.444. The molecular weight excluding hydrogens is 204 g/mol. The Bertz CT molecular complexity index is 380. The lowest BCUT2D eigenvalue weighted by Crippen LogP contribution is -2.25. The van der Waals surface area contributed by atoms with E-state index in [1.807, 2.05) is 0 Å². The molecule has 0 atom stereocenters. The average molecular weight is 221 g/mol. The molecular formula is C17H17. The van der Waals surface area contributed by atoms with Crippen molar-refractivity contribution in [3.63, 3.8) is 0 Å². The fourth-order valence-electron chi connectivity index (χ4n) is 2.83. The zero-order chi connectivity index (χ0) is 12.0. The first-order valence-corrected chi connectivity index (χ1v) is 6.15. The summed E-state index contributed by atoms with van der Waals surface area (Å²) >= 11 is 0. The maximum absolute atomic E-state index is 2.29. The fraction of sp³-hybridized carbons (Fsp3) is 0.235. The van der Waals surface area contributed by atoms with Crippen LogP contribution in [-0.4, -0.2) is 0 Å². The highest BCUT2D eigenvalue weighted by atomic mass is 14.5. The minimum absolute atomic E-state index is 0.183. The van der Waals surface area contributed by atoms with Crippen LogP contribution in [-0.2, 0) is 0 Å². The molecule has 0 spiro atoms. The molecule has 0 heterocycles. The molecule has 0 nitrogen and oxygen atoms in total. The molecule has 0 aromatic rings. The monoisotopic (exact) mass is 221 g/mol. The molecule has 17 heavy (non-hydrogen) atoms. The number of hydrogen-bond donors (Lipinski definition) is 0. The Hall–Kier alpha value is -1.04. The molecule has 0 aliphatic heterocycles. The van der Waals surface area contributed by atoms with Gasteiger partial charge in [-0.1, -0.05) is 69.4 Å². The predicted octanol–water partition coefficient (Wildman–Crippen LogP) is 4.17. The zero-order valence-corrected chi connectivity index (χ0v) is 10.6. The van der Waals surface area contributed by atoms with Gasteiger partial charge in [0.2, 0.25) is 0 Å². The molecule has 1 saturated carbocycles.